The molecule has 3 rings (SSSR count). The molecule has 0 aliphatic heterocycles. The average molecular weight is 498 g/mol. The van der Waals surface area contributed by atoms with Crippen LogP contribution in [0.1, 0.15) is 43.1 Å². The van der Waals surface area contributed by atoms with Crippen molar-refractivity contribution in [3.8, 4) is 22.4 Å². The Labute approximate surface area is 205 Å². The van der Waals surface area contributed by atoms with Crippen LogP contribution in [0.4, 0.5) is 4.39 Å². The molecule has 3 unspecified atom stereocenters. The molecule has 35 heavy (non-hydrogen) atoms. The largest absolute Gasteiger partial charge is 0.435 e. The van der Waals surface area contributed by atoms with E-state index in [0.717, 1.165) is 11.8 Å². The van der Waals surface area contributed by atoms with Gasteiger partial charge in [-0.2, -0.15) is 0 Å². The number of aromatic nitrogens is 1. The molecule has 0 amide bonds. The highest BCUT2D eigenvalue weighted by Gasteiger charge is 2.35. The van der Waals surface area contributed by atoms with Gasteiger partial charge in [0.25, 0.3) is 0 Å². The van der Waals surface area contributed by atoms with Gasteiger partial charge in [-0.15, -0.1) is 0 Å². The van der Waals surface area contributed by atoms with Crippen LogP contribution in [0, 0.1) is 5.82 Å². The van der Waals surface area contributed by atoms with E-state index in [1.165, 1.54) is 19.2 Å². The number of carbonyl (C=O) groups is 1. The summed E-state index contributed by atoms with van der Waals surface area (Å²) in [5.74, 6) is -1.24. The molecule has 0 aliphatic rings. The molecule has 0 radical (unpaired) electrons. The van der Waals surface area contributed by atoms with Crippen LogP contribution in [0.2, 0.25) is 0 Å². The van der Waals surface area contributed by atoms with E-state index < -0.39 is 38.0 Å². The number of ether oxygens (including phenoxy) is 1. The number of benzene rings is 2. The SMILES string of the molecule is C=COC(=O)CC(O)C(c1c(-c2ccc(F)cc2)cc(-c2ccccc2)nc1C(C)C)[PH](=O)OC. The van der Waals surface area contributed by atoms with Gasteiger partial charge in [0.2, 0.25) is 8.03 Å². The maximum Gasteiger partial charge on any atom is 0.313 e. The number of rotatable bonds is 10. The normalized spacial score (nSPS) is 13.8. The van der Waals surface area contributed by atoms with Crippen LogP contribution in [0.5, 0.6) is 0 Å². The predicted molar refractivity (Wildman–Crippen MR) is 135 cm³/mol. The summed E-state index contributed by atoms with van der Waals surface area (Å²) in [7, 11) is -1.60. The zero-order valence-corrected chi connectivity index (χ0v) is 20.9. The van der Waals surface area contributed by atoms with Crippen molar-refractivity contribution in [2.45, 2.75) is 37.9 Å². The zero-order chi connectivity index (χ0) is 25.5. The lowest BCUT2D eigenvalue weighted by molar-refractivity contribution is -0.140. The highest BCUT2D eigenvalue weighted by molar-refractivity contribution is 7.39. The fourth-order valence-corrected chi connectivity index (χ4v) is 5.22. The Morgan fingerprint density at radius 2 is 1.80 bits per heavy atom. The maximum atomic E-state index is 13.8. The number of aliphatic hydroxyl groups excluding tert-OH is 1. The first kappa shape index (κ1) is 26.5. The van der Waals surface area contributed by atoms with Crippen LogP contribution in [0.25, 0.3) is 22.4 Å². The summed E-state index contributed by atoms with van der Waals surface area (Å²) in [6.45, 7) is 7.23. The summed E-state index contributed by atoms with van der Waals surface area (Å²) in [4.78, 5) is 17.0. The van der Waals surface area contributed by atoms with Crippen LogP contribution >= 0.6 is 8.03 Å². The van der Waals surface area contributed by atoms with Crippen molar-refractivity contribution in [2.75, 3.05) is 7.11 Å². The van der Waals surface area contributed by atoms with Gasteiger partial charge in [-0.3, -0.25) is 14.3 Å². The van der Waals surface area contributed by atoms with Crippen molar-refractivity contribution in [2.24, 2.45) is 0 Å². The van der Waals surface area contributed by atoms with E-state index in [-0.39, 0.29) is 5.92 Å². The number of pyridine rings is 1. The third kappa shape index (κ3) is 6.31. The summed E-state index contributed by atoms with van der Waals surface area (Å²) < 4.78 is 37.0. The lowest BCUT2D eigenvalue weighted by atomic mass is 9.88. The molecule has 0 saturated carbocycles. The minimum absolute atomic E-state index is 0.130. The second-order valence-electron chi connectivity index (χ2n) is 8.31. The highest BCUT2D eigenvalue weighted by Crippen LogP contribution is 2.50. The Morgan fingerprint density at radius 1 is 1.14 bits per heavy atom. The number of esters is 1. The van der Waals surface area contributed by atoms with Crippen molar-refractivity contribution in [1.82, 2.24) is 4.98 Å². The third-order valence-electron chi connectivity index (χ3n) is 5.60. The van der Waals surface area contributed by atoms with Gasteiger partial charge in [-0.1, -0.05) is 62.9 Å². The molecule has 6 nitrogen and oxygen atoms in total. The first-order valence-corrected chi connectivity index (χ1v) is 12.6. The summed E-state index contributed by atoms with van der Waals surface area (Å²) in [6, 6.07) is 17.3. The molecule has 0 saturated heterocycles. The fourth-order valence-electron chi connectivity index (χ4n) is 3.99. The highest BCUT2D eigenvalue weighted by atomic mass is 31.1. The molecule has 1 aromatic heterocycles. The maximum absolute atomic E-state index is 13.8. The molecular weight excluding hydrogens is 468 g/mol. The molecule has 8 heteroatoms. The van der Waals surface area contributed by atoms with Crippen LogP contribution in [0.3, 0.4) is 0 Å². The van der Waals surface area contributed by atoms with Crippen molar-refractivity contribution in [3.63, 3.8) is 0 Å². The monoisotopic (exact) mass is 497 g/mol. The van der Waals surface area contributed by atoms with Crippen LogP contribution in [-0.2, 0) is 18.6 Å². The second-order valence-corrected chi connectivity index (χ2v) is 9.98. The first-order chi connectivity index (χ1) is 16.8. The summed E-state index contributed by atoms with van der Waals surface area (Å²) in [5, 5.41) is 11.1. The Morgan fingerprint density at radius 3 is 2.37 bits per heavy atom. The molecule has 2 aromatic carbocycles. The van der Waals surface area contributed by atoms with Gasteiger partial charge in [0, 0.05) is 18.4 Å². The third-order valence-corrected chi connectivity index (χ3v) is 7.18. The molecule has 0 fully saturated rings. The van der Waals surface area contributed by atoms with E-state index in [0.29, 0.717) is 28.1 Å². The van der Waals surface area contributed by atoms with E-state index in [2.05, 4.69) is 6.58 Å². The average Bonchev–Trinajstić information content (AvgIpc) is 2.85. The number of hydrogen-bond acceptors (Lipinski definition) is 6. The summed E-state index contributed by atoms with van der Waals surface area (Å²) >= 11 is 0. The number of carbonyl (C=O) groups excluding carboxylic acids is 1. The Balaban J connectivity index is 2.32. The standard InChI is InChI=1S/C27H29FNO5P/c1-5-34-24(31)16-23(30)27(35(32)33-4)25-21(18-11-13-20(28)14-12-18)15-22(29-26(25)17(2)3)19-9-7-6-8-10-19/h5-15,17,23,27,30,35H,1,16H2,2-4H3. The number of halogens is 1. The number of nitrogens with zero attached hydrogens (tertiary/aromatic N) is 1. The molecule has 3 atom stereocenters. The fraction of sp³-hybridized carbons (Fsp3) is 0.259. The molecule has 3 aromatic rings. The van der Waals surface area contributed by atoms with Crippen LogP contribution < -0.4 is 0 Å². The molecule has 0 aliphatic carbocycles. The van der Waals surface area contributed by atoms with Crippen molar-refractivity contribution in [3.05, 3.63) is 90.6 Å². The van der Waals surface area contributed by atoms with E-state index in [9.17, 15) is 18.9 Å². The quantitative estimate of drug-likeness (QED) is 0.202. The Kier molecular flexibility index (Phi) is 9.10. The van der Waals surface area contributed by atoms with Crippen molar-refractivity contribution in [1.29, 1.82) is 0 Å². The minimum atomic E-state index is -2.90. The van der Waals surface area contributed by atoms with E-state index >= 15 is 0 Å². The van der Waals surface area contributed by atoms with Crippen molar-refractivity contribution < 1.29 is 28.1 Å². The van der Waals surface area contributed by atoms with Gasteiger partial charge >= 0.3 is 5.97 Å². The van der Waals surface area contributed by atoms with Gasteiger partial charge in [0.15, 0.2) is 0 Å². The van der Waals surface area contributed by atoms with Crippen molar-refractivity contribution >= 4 is 14.0 Å². The minimum Gasteiger partial charge on any atom is -0.435 e. The zero-order valence-electron chi connectivity index (χ0n) is 19.9. The van der Waals surface area contributed by atoms with Gasteiger partial charge < -0.3 is 14.4 Å². The smallest absolute Gasteiger partial charge is 0.313 e. The number of aliphatic hydroxyl groups is 1. The lowest BCUT2D eigenvalue weighted by Crippen LogP contribution is -2.23. The molecule has 184 valence electrons. The topological polar surface area (TPSA) is 85.7 Å². The molecule has 0 bridgehead atoms. The van der Waals surface area contributed by atoms with Crippen LogP contribution in [0.15, 0.2) is 73.5 Å². The van der Waals surface area contributed by atoms with E-state index in [1.807, 2.05) is 50.2 Å². The van der Waals surface area contributed by atoms with E-state index in [4.69, 9.17) is 14.2 Å². The van der Waals surface area contributed by atoms with Crippen LogP contribution in [-0.4, -0.2) is 29.3 Å². The molecular formula is C27H29FNO5P. The van der Waals surface area contributed by atoms with Gasteiger partial charge in [-0.25, -0.2) is 4.39 Å². The Hall–Kier alpha value is -3.12. The predicted octanol–water partition coefficient (Wildman–Crippen LogP) is 6.28. The molecule has 1 N–H and O–H groups in total. The Bertz CT molecular complexity index is 1200. The summed E-state index contributed by atoms with van der Waals surface area (Å²) in [6.07, 6.45) is -0.824. The van der Waals surface area contributed by atoms with Gasteiger partial charge in [0.1, 0.15) is 5.82 Å². The van der Waals surface area contributed by atoms with Gasteiger partial charge in [-0.05, 0) is 40.8 Å². The van der Waals surface area contributed by atoms with E-state index in [1.54, 1.807) is 12.1 Å². The summed E-state index contributed by atoms with van der Waals surface area (Å²) in [5.41, 5.74) is 2.86. The first-order valence-electron chi connectivity index (χ1n) is 11.2. The lowest BCUT2D eigenvalue weighted by Gasteiger charge is -2.28. The molecule has 1 heterocycles. The number of hydrogen-bond donors (Lipinski definition) is 1. The second kappa shape index (κ2) is 12.0. The van der Waals surface area contributed by atoms with Gasteiger partial charge in [0.05, 0.1) is 30.1 Å². The molecule has 0 spiro atoms.